The van der Waals surface area contributed by atoms with E-state index in [1.54, 1.807) is 23.7 Å². The highest BCUT2D eigenvalue weighted by atomic mass is 32.1. The van der Waals surface area contributed by atoms with Crippen LogP contribution in [0.3, 0.4) is 0 Å². The second-order valence-corrected chi connectivity index (χ2v) is 5.26. The molecule has 0 fully saturated rings. The highest BCUT2D eigenvalue weighted by molar-refractivity contribution is 7.09. The Bertz CT molecular complexity index is 702. The Balaban J connectivity index is 1.85. The molecule has 0 radical (unpaired) electrons. The van der Waals surface area contributed by atoms with Gasteiger partial charge in [0.2, 0.25) is 0 Å². The van der Waals surface area contributed by atoms with E-state index in [1.165, 1.54) is 4.88 Å². The van der Waals surface area contributed by atoms with E-state index in [1.807, 2.05) is 29.6 Å². The third-order valence-electron chi connectivity index (χ3n) is 2.98. The van der Waals surface area contributed by atoms with Crippen LogP contribution in [-0.4, -0.2) is 15.8 Å². The van der Waals surface area contributed by atoms with Gasteiger partial charge in [0.05, 0.1) is 11.0 Å². The summed E-state index contributed by atoms with van der Waals surface area (Å²) in [6.45, 7) is 0. The first kappa shape index (κ1) is 12.0. The summed E-state index contributed by atoms with van der Waals surface area (Å²) < 4.78 is 0. The Morgan fingerprint density at radius 3 is 2.84 bits per heavy atom. The number of hydrogen-bond donors (Lipinski definition) is 0. The van der Waals surface area contributed by atoms with Crippen LogP contribution < -0.4 is 0 Å². The lowest BCUT2D eigenvalue weighted by atomic mass is 10.0. The molecule has 0 saturated carbocycles. The van der Waals surface area contributed by atoms with Crippen LogP contribution in [0.4, 0.5) is 0 Å². The van der Waals surface area contributed by atoms with Crippen LogP contribution in [0.5, 0.6) is 0 Å². The summed E-state index contributed by atoms with van der Waals surface area (Å²) in [5, 5.41) is 2.03. The highest BCUT2D eigenvalue weighted by Crippen LogP contribution is 2.18. The van der Waals surface area contributed by atoms with Gasteiger partial charge in [0.15, 0.2) is 5.78 Å². The van der Waals surface area contributed by atoms with Crippen LogP contribution in [0.25, 0.3) is 11.0 Å². The third kappa shape index (κ3) is 2.53. The monoisotopic (exact) mass is 268 g/mol. The zero-order valence-electron chi connectivity index (χ0n) is 10.2. The molecule has 0 N–H and O–H groups in total. The molecule has 0 bridgehead atoms. The number of aryl methyl sites for hydroxylation is 1. The molecule has 3 nitrogen and oxygen atoms in total. The van der Waals surface area contributed by atoms with Crippen LogP contribution in [-0.2, 0) is 6.42 Å². The van der Waals surface area contributed by atoms with E-state index in [9.17, 15) is 4.79 Å². The molecule has 0 aliphatic carbocycles. The summed E-state index contributed by atoms with van der Waals surface area (Å²) in [5.74, 6) is 0.125. The SMILES string of the molecule is O=C(CCc1cccs1)c1cccc2nccnc12. The smallest absolute Gasteiger partial charge is 0.165 e. The molecule has 19 heavy (non-hydrogen) atoms. The number of rotatable bonds is 4. The average Bonchev–Trinajstić information content (AvgIpc) is 2.97. The van der Waals surface area contributed by atoms with Gasteiger partial charge in [-0.2, -0.15) is 0 Å². The predicted octanol–water partition coefficient (Wildman–Crippen LogP) is 3.51. The van der Waals surface area contributed by atoms with Crippen molar-refractivity contribution in [2.75, 3.05) is 0 Å². The van der Waals surface area contributed by atoms with E-state index >= 15 is 0 Å². The number of thiophene rings is 1. The molecule has 2 aromatic heterocycles. The summed E-state index contributed by atoms with van der Waals surface area (Å²) in [6.07, 6.45) is 4.56. The maximum atomic E-state index is 12.3. The van der Waals surface area contributed by atoms with Crippen molar-refractivity contribution in [3.8, 4) is 0 Å². The minimum Gasteiger partial charge on any atom is -0.294 e. The lowest BCUT2D eigenvalue weighted by molar-refractivity contribution is 0.0984. The van der Waals surface area contributed by atoms with Gasteiger partial charge < -0.3 is 0 Å². The first-order valence-corrected chi connectivity index (χ1v) is 6.98. The minimum atomic E-state index is 0.125. The molecule has 0 unspecified atom stereocenters. The standard InChI is InChI=1S/C15H12N2OS/c18-14(7-6-11-3-2-10-19-11)12-4-1-5-13-15(12)17-9-8-16-13/h1-5,8-10H,6-7H2. The van der Waals surface area contributed by atoms with Crippen molar-refractivity contribution in [3.05, 3.63) is 58.5 Å². The average molecular weight is 268 g/mol. The Morgan fingerprint density at radius 2 is 2.00 bits per heavy atom. The number of nitrogens with zero attached hydrogens (tertiary/aromatic N) is 2. The van der Waals surface area contributed by atoms with Crippen molar-refractivity contribution in [2.24, 2.45) is 0 Å². The molecule has 0 saturated heterocycles. The number of ketones is 1. The number of carbonyl (C=O) groups is 1. The second kappa shape index (κ2) is 5.28. The van der Waals surface area contributed by atoms with Gasteiger partial charge >= 0.3 is 0 Å². The van der Waals surface area contributed by atoms with E-state index in [0.717, 1.165) is 11.9 Å². The topological polar surface area (TPSA) is 42.9 Å². The number of fused-ring (bicyclic) bond motifs is 1. The maximum Gasteiger partial charge on any atom is 0.165 e. The Labute approximate surface area is 115 Å². The van der Waals surface area contributed by atoms with Crippen molar-refractivity contribution in [3.63, 3.8) is 0 Å². The molecule has 4 heteroatoms. The first-order chi connectivity index (χ1) is 9.34. The number of carbonyl (C=O) groups excluding carboxylic acids is 1. The van der Waals surface area contributed by atoms with E-state index in [4.69, 9.17) is 0 Å². The van der Waals surface area contributed by atoms with E-state index in [-0.39, 0.29) is 5.78 Å². The van der Waals surface area contributed by atoms with E-state index in [2.05, 4.69) is 16.0 Å². The highest BCUT2D eigenvalue weighted by Gasteiger charge is 2.11. The molecule has 3 rings (SSSR count). The zero-order valence-corrected chi connectivity index (χ0v) is 11.1. The van der Waals surface area contributed by atoms with Crippen molar-refractivity contribution < 1.29 is 4.79 Å². The normalized spacial score (nSPS) is 10.7. The van der Waals surface area contributed by atoms with Crippen LogP contribution in [0.1, 0.15) is 21.7 Å². The lowest BCUT2D eigenvalue weighted by Gasteiger charge is -2.03. The largest absolute Gasteiger partial charge is 0.294 e. The van der Waals surface area contributed by atoms with Crippen molar-refractivity contribution in [2.45, 2.75) is 12.8 Å². The minimum absolute atomic E-state index is 0.125. The van der Waals surface area contributed by atoms with Crippen LogP contribution in [0.15, 0.2) is 48.1 Å². The lowest BCUT2D eigenvalue weighted by Crippen LogP contribution is -2.02. The summed E-state index contributed by atoms with van der Waals surface area (Å²) in [4.78, 5) is 22.0. The molecule has 1 aromatic carbocycles. The Morgan fingerprint density at radius 1 is 1.11 bits per heavy atom. The summed E-state index contributed by atoms with van der Waals surface area (Å²) in [6, 6.07) is 9.62. The Kier molecular flexibility index (Phi) is 3.33. The second-order valence-electron chi connectivity index (χ2n) is 4.23. The number of para-hydroxylation sites is 1. The quantitative estimate of drug-likeness (QED) is 0.680. The summed E-state index contributed by atoms with van der Waals surface area (Å²) in [5.41, 5.74) is 2.13. The molecule has 3 aromatic rings. The van der Waals surface area contributed by atoms with Gasteiger partial charge in [-0.1, -0.05) is 12.1 Å². The molecular formula is C15H12N2OS. The molecule has 0 aliphatic rings. The fourth-order valence-electron chi connectivity index (χ4n) is 2.04. The predicted molar refractivity (Wildman–Crippen MR) is 76.5 cm³/mol. The fraction of sp³-hybridized carbons (Fsp3) is 0.133. The van der Waals surface area contributed by atoms with Gasteiger partial charge in [0.25, 0.3) is 0 Å². The number of hydrogen-bond acceptors (Lipinski definition) is 4. The molecule has 94 valence electrons. The number of Topliss-reactive ketones (excluding diaryl/α,β-unsaturated/α-hetero) is 1. The van der Waals surface area contributed by atoms with Crippen LogP contribution in [0, 0.1) is 0 Å². The third-order valence-corrected chi connectivity index (χ3v) is 3.91. The van der Waals surface area contributed by atoms with Crippen molar-refractivity contribution >= 4 is 28.2 Å². The maximum absolute atomic E-state index is 12.3. The Hall–Kier alpha value is -2.07. The van der Waals surface area contributed by atoms with E-state index in [0.29, 0.717) is 17.5 Å². The van der Waals surface area contributed by atoms with Gasteiger partial charge in [-0.05, 0) is 30.0 Å². The molecule has 2 heterocycles. The van der Waals surface area contributed by atoms with Crippen LogP contribution in [0.2, 0.25) is 0 Å². The van der Waals surface area contributed by atoms with Crippen molar-refractivity contribution in [1.82, 2.24) is 9.97 Å². The summed E-state index contributed by atoms with van der Waals surface area (Å²) >= 11 is 1.68. The molecule has 0 amide bonds. The van der Waals surface area contributed by atoms with Gasteiger partial charge in [-0.3, -0.25) is 14.8 Å². The van der Waals surface area contributed by atoms with Gasteiger partial charge in [0, 0.05) is 29.3 Å². The van der Waals surface area contributed by atoms with Crippen molar-refractivity contribution in [1.29, 1.82) is 0 Å². The van der Waals surface area contributed by atoms with Gasteiger partial charge in [0.1, 0.15) is 0 Å². The number of aromatic nitrogens is 2. The summed E-state index contributed by atoms with van der Waals surface area (Å²) in [7, 11) is 0. The zero-order chi connectivity index (χ0) is 13.1. The number of benzene rings is 1. The van der Waals surface area contributed by atoms with E-state index < -0.39 is 0 Å². The van der Waals surface area contributed by atoms with Crippen LogP contribution >= 0.6 is 11.3 Å². The van der Waals surface area contributed by atoms with Gasteiger partial charge in [-0.15, -0.1) is 11.3 Å². The molecule has 0 aliphatic heterocycles. The molecule has 0 atom stereocenters. The first-order valence-electron chi connectivity index (χ1n) is 6.10. The molecular weight excluding hydrogens is 256 g/mol. The molecule has 0 spiro atoms. The van der Waals surface area contributed by atoms with Gasteiger partial charge in [-0.25, -0.2) is 0 Å². The fourth-order valence-corrected chi connectivity index (χ4v) is 2.75.